The highest BCUT2D eigenvalue weighted by Gasteiger charge is 2.25. The number of hydrogen-bond donors (Lipinski definition) is 2. The maximum atomic E-state index is 12.6. The first kappa shape index (κ1) is 21.2. The van der Waals surface area contributed by atoms with Crippen LogP contribution in [0.2, 0.25) is 0 Å². The fourth-order valence-electron chi connectivity index (χ4n) is 2.26. The van der Waals surface area contributed by atoms with Gasteiger partial charge >= 0.3 is 0 Å². The van der Waals surface area contributed by atoms with Gasteiger partial charge in [0.15, 0.2) is 0 Å². The van der Waals surface area contributed by atoms with Gasteiger partial charge in [0, 0.05) is 6.07 Å². The molecule has 0 saturated carbocycles. The number of nitrogens with zero attached hydrogens (tertiary/aromatic N) is 1. The van der Waals surface area contributed by atoms with Gasteiger partial charge in [0.25, 0.3) is 0 Å². The molecule has 7 nitrogen and oxygen atoms in total. The lowest BCUT2D eigenvalue weighted by Crippen LogP contribution is -2.44. The molecule has 2 rings (SSSR count). The summed E-state index contributed by atoms with van der Waals surface area (Å²) in [7, 11) is -2.31. The molecule has 0 spiro atoms. The van der Waals surface area contributed by atoms with Crippen LogP contribution >= 0.6 is 11.8 Å². The number of ether oxygens (including phenoxy) is 1. The van der Waals surface area contributed by atoms with E-state index in [-0.39, 0.29) is 4.90 Å². The molecule has 1 amide bonds. The normalized spacial score (nSPS) is 12.4. The van der Waals surface area contributed by atoms with Crippen molar-refractivity contribution in [2.24, 2.45) is 0 Å². The van der Waals surface area contributed by atoms with Crippen molar-refractivity contribution in [3.63, 3.8) is 0 Å². The Morgan fingerprint density at radius 3 is 2.48 bits per heavy atom. The number of nitrogens with one attached hydrogen (secondary N) is 2. The van der Waals surface area contributed by atoms with E-state index >= 15 is 0 Å². The molecule has 9 heteroatoms. The number of carbonyl (C=O) groups excluding carboxylic acids is 1. The van der Waals surface area contributed by atoms with Crippen molar-refractivity contribution < 1.29 is 17.9 Å². The monoisotopic (exact) mass is 409 g/mol. The van der Waals surface area contributed by atoms with Gasteiger partial charge in [0.2, 0.25) is 21.8 Å². The second-order valence-corrected chi connectivity index (χ2v) is 8.55. The molecule has 2 aromatic rings. The van der Waals surface area contributed by atoms with Crippen LogP contribution < -0.4 is 14.8 Å². The van der Waals surface area contributed by atoms with Crippen LogP contribution in [0.5, 0.6) is 5.88 Å². The minimum Gasteiger partial charge on any atom is -0.481 e. The van der Waals surface area contributed by atoms with E-state index in [0.717, 1.165) is 5.56 Å². The molecule has 1 heterocycles. The van der Waals surface area contributed by atoms with Gasteiger partial charge in [-0.15, -0.1) is 0 Å². The van der Waals surface area contributed by atoms with Crippen molar-refractivity contribution in [1.29, 1.82) is 0 Å². The molecule has 0 bridgehead atoms. The van der Waals surface area contributed by atoms with E-state index in [1.807, 2.05) is 13.2 Å². The zero-order chi connectivity index (χ0) is 19.9. The van der Waals surface area contributed by atoms with Crippen molar-refractivity contribution in [1.82, 2.24) is 9.71 Å². The van der Waals surface area contributed by atoms with Crippen molar-refractivity contribution in [2.75, 3.05) is 24.4 Å². The lowest BCUT2D eigenvalue weighted by atomic mass is 10.2. The van der Waals surface area contributed by atoms with E-state index in [1.54, 1.807) is 24.3 Å². The third kappa shape index (κ3) is 6.23. The van der Waals surface area contributed by atoms with Gasteiger partial charge in [-0.1, -0.05) is 17.7 Å². The van der Waals surface area contributed by atoms with Crippen LogP contribution in [0.25, 0.3) is 0 Å². The first-order valence-electron chi connectivity index (χ1n) is 8.24. The summed E-state index contributed by atoms with van der Waals surface area (Å²) in [5.74, 6) is 0.619. The topological polar surface area (TPSA) is 97.4 Å². The molecule has 0 saturated heterocycles. The molecule has 0 fully saturated rings. The first-order chi connectivity index (χ1) is 12.9. The van der Waals surface area contributed by atoms with Crippen LogP contribution in [0.4, 0.5) is 5.69 Å². The molecular formula is C18H23N3O4S2. The summed E-state index contributed by atoms with van der Waals surface area (Å²) in [5.41, 5.74) is 1.42. The Morgan fingerprint density at radius 2 is 1.93 bits per heavy atom. The van der Waals surface area contributed by atoms with Gasteiger partial charge in [0.1, 0.15) is 6.04 Å². The first-order valence-corrected chi connectivity index (χ1v) is 11.1. The Kier molecular flexibility index (Phi) is 7.64. The molecular weight excluding hydrogens is 386 g/mol. The predicted octanol–water partition coefficient (Wildman–Crippen LogP) is 2.44. The highest BCUT2D eigenvalue weighted by Crippen LogP contribution is 2.15. The Balaban J connectivity index is 2.14. The van der Waals surface area contributed by atoms with Gasteiger partial charge in [-0.05, 0) is 43.6 Å². The van der Waals surface area contributed by atoms with E-state index in [1.165, 1.54) is 37.2 Å². The number of anilines is 1. The standard InChI is InChI=1S/C18H23N3O4S2/c1-13-4-7-15(8-5-13)27(23,24)21-16(10-11-26-3)18(22)20-14-6-9-17(25-2)19-12-14/h4-9,12,16,21H,10-11H2,1-3H3,(H,20,22)/t16-/m0/s1. The summed E-state index contributed by atoms with van der Waals surface area (Å²) in [6.45, 7) is 1.88. The van der Waals surface area contributed by atoms with Gasteiger partial charge in [0.05, 0.1) is 23.9 Å². The average Bonchev–Trinajstić information content (AvgIpc) is 2.66. The van der Waals surface area contributed by atoms with Crippen LogP contribution in [0.15, 0.2) is 47.5 Å². The van der Waals surface area contributed by atoms with Crippen LogP contribution in [0.3, 0.4) is 0 Å². The minimum atomic E-state index is -3.81. The predicted molar refractivity (Wildman–Crippen MR) is 108 cm³/mol. The summed E-state index contributed by atoms with van der Waals surface area (Å²) >= 11 is 1.54. The number of aryl methyl sites for hydroxylation is 1. The number of rotatable bonds is 9. The van der Waals surface area contributed by atoms with Crippen LogP contribution in [-0.4, -0.2) is 44.5 Å². The second-order valence-electron chi connectivity index (χ2n) is 5.85. The van der Waals surface area contributed by atoms with Crippen molar-refractivity contribution in [3.8, 4) is 5.88 Å². The van der Waals surface area contributed by atoms with Crippen molar-refractivity contribution in [3.05, 3.63) is 48.2 Å². The fourth-order valence-corrected chi connectivity index (χ4v) is 3.96. The summed E-state index contributed by atoms with van der Waals surface area (Å²) < 4.78 is 32.7. The van der Waals surface area contributed by atoms with Gasteiger partial charge in [-0.3, -0.25) is 4.79 Å². The van der Waals surface area contributed by atoms with Crippen molar-refractivity contribution in [2.45, 2.75) is 24.3 Å². The summed E-state index contributed by atoms with van der Waals surface area (Å²) in [6, 6.07) is 8.84. The minimum absolute atomic E-state index is 0.126. The highest BCUT2D eigenvalue weighted by atomic mass is 32.2. The Labute approximate surface area is 164 Å². The smallest absolute Gasteiger partial charge is 0.242 e. The second kappa shape index (κ2) is 9.72. The average molecular weight is 410 g/mol. The molecule has 0 unspecified atom stereocenters. The summed E-state index contributed by atoms with van der Waals surface area (Å²) in [4.78, 5) is 16.8. The number of thioether (sulfide) groups is 1. The quantitative estimate of drug-likeness (QED) is 0.660. The molecule has 1 aromatic carbocycles. The maximum Gasteiger partial charge on any atom is 0.242 e. The third-order valence-electron chi connectivity index (χ3n) is 3.77. The molecule has 0 aliphatic heterocycles. The Hall–Kier alpha value is -2.10. The molecule has 1 atom stereocenters. The molecule has 0 radical (unpaired) electrons. The number of aromatic nitrogens is 1. The van der Waals surface area contributed by atoms with Crippen LogP contribution in [0.1, 0.15) is 12.0 Å². The molecule has 1 aromatic heterocycles. The Morgan fingerprint density at radius 1 is 1.22 bits per heavy atom. The number of benzene rings is 1. The van der Waals surface area contributed by atoms with Crippen LogP contribution in [-0.2, 0) is 14.8 Å². The van der Waals surface area contributed by atoms with E-state index in [2.05, 4.69) is 15.0 Å². The highest BCUT2D eigenvalue weighted by molar-refractivity contribution is 7.98. The maximum absolute atomic E-state index is 12.6. The lowest BCUT2D eigenvalue weighted by Gasteiger charge is -2.18. The van der Waals surface area contributed by atoms with Gasteiger partial charge in [-0.2, -0.15) is 16.5 Å². The third-order valence-corrected chi connectivity index (χ3v) is 5.90. The number of pyridine rings is 1. The molecule has 27 heavy (non-hydrogen) atoms. The lowest BCUT2D eigenvalue weighted by molar-refractivity contribution is -0.117. The number of hydrogen-bond acceptors (Lipinski definition) is 6. The van der Waals surface area contributed by atoms with E-state index < -0.39 is 22.0 Å². The number of methoxy groups -OCH3 is 1. The van der Waals surface area contributed by atoms with Gasteiger partial charge in [-0.25, -0.2) is 13.4 Å². The largest absolute Gasteiger partial charge is 0.481 e. The SMILES string of the molecule is COc1ccc(NC(=O)[C@H](CCSC)NS(=O)(=O)c2ccc(C)cc2)cn1. The summed E-state index contributed by atoms with van der Waals surface area (Å²) in [6.07, 6.45) is 3.72. The zero-order valence-corrected chi connectivity index (χ0v) is 17.1. The molecule has 0 aliphatic carbocycles. The van der Waals surface area contributed by atoms with Crippen LogP contribution in [0, 0.1) is 6.92 Å². The van der Waals surface area contributed by atoms with E-state index in [9.17, 15) is 13.2 Å². The Bertz CT molecular complexity index is 853. The van der Waals surface area contributed by atoms with Crippen molar-refractivity contribution >= 4 is 33.4 Å². The fraction of sp³-hybridized carbons (Fsp3) is 0.333. The summed E-state index contributed by atoms with van der Waals surface area (Å²) in [5, 5.41) is 2.69. The number of carbonyl (C=O) groups is 1. The molecule has 0 aliphatic rings. The van der Waals surface area contributed by atoms with E-state index in [4.69, 9.17) is 4.74 Å². The molecule has 146 valence electrons. The number of sulfonamides is 1. The number of amides is 1. The van der Waals surface area contributed by atoms with Gasteiger partial charge < -0.3 is 10.1 Å². The zero-order valence-electron chi connectivity index (χ0n) is 15.4. The molecule has 2 N–H and O–H groups in total. The van der Waals surface area contributed by atoms with E-state index in [0.29, 0.717) is 23.7 Å².